The summed E-state index contributed by atoms with van der Waals surface area (Å²) in [6.45, 7) is 8.85. The van der Waals surface area contributed by atoms with E-state index in [-0.39, 0.29) is 17.9 Å². The molecule has 1 aliphatic rings. The Bertz CT molecular complexity index is 948. The van der Waals surface area contributed by atoms with Crippen LogP contribution in [0.2, 0.25) is 0 Å². The monoisotopic (exact) mass is 481 g/mol. The Balaban J connectivity index is 1.66. The Kier molecular flexibility index (Phi) is 9.37. The van der Waals surface area contributed by atoms with Crippen LogP contribution in [0.25, 0.3) is 0 Å². The standard InChI is InChI=1S/C27H39N5O3/c1-27(2,3)30-26(35)24-19-31(17-21-10-7-11-29-16-21)12-13-32(24)18-23(33)15-22(25(28)34)14-20-8-5-4-6-9-20/h4-11,16,22-24,33H,12-15,17-19H2,1-3H3,(H2,28,34)(H,30,35)/t22?,23-,24-/m0/s1. The van der Waals surface area contributed by atoms with Crippen LogP contribution in [0.3, 0.4) is 0 Å². The summed E-state index contributed by atoms with van der Waals surface area (Å²) in [7, 11) is 0. The van der Waals surface area contributed by atoms with Gasteiger partial charge in [0.15, 0.2) is 0 Å². The number of nitrogens with two attached hydrogens (primary N) is 1. The minimum Gasteiger partial charge on any atom is -0.392 e. The highest BCUT2D eigenvalue weighted by Crippen LogP contribution is 2.19. The molecule has 1 aromatic heterocycles. The molecular formula is C27H39N5O3. The largest absolute Gasteiger partial charge is 0.392 e. The van der Waals surface area contributed by atoms with Gasteiger partial charge in [-0.1, -0.05) is 36.4 Å². The predicted molar refractivity (Wildman–Crippen MR) is 136 cm³/mol. The van der Waals surface area contributed by atoms with E-state index < -0.39 is 24.0 Å². The third kappa shape index (κ3) is 8.72. The summed E-state index contributed by atoms with van der Waals surface area (Å²) in [5.74, 6) is -0.950. The number of pyridine rings is 1. The molecule has 2 aromatic rings. The molecule has 8 heteroatoms. The summed E-state index contributed by atoms with van der Waals surface area (Å²) in [5.41, 5.74) is 7.41. The highest BCUT2D eigenvalue weighted by atomic mass is 16.3. The number of aliphatic hydroxyl groups is 1. The van der Waals surface area contributed by atoms with Crippen molar-refractivity contribution in [2.75, 3.05) is 26.2 Å². The van der Waals surface area contributed by atoms with Crippen molar-refractivity contribution in [2.45, 2.75) is 57.8 Å². The lowest BCUT2D eigenvalue weighted by atomic mass is 9.92. The number of amides is 2. The number of hydrogen-bond donors (Lipinski definition) is 3. The molecule has 0 spiro atoms. The zero-order chi connectivity index (χ0) is 25.4. The normalized spacial score (nSPS) is 19.1. The maximum absolute atomic E-state index is 13.2. The van der Waals surface area contributed by atoms with Crippen molar-refractivity contribution in [3.05, 3.63) is 66.0 Å². The Hall–Kier alpha value is -2.81. The average molecular weight is 482 g/mol. The second-order valence-corrected chi connectivity index (χ2v) is 10.5. The SMILES string of the molecule is CC(C)(C)NC(=O)[C@@H]1CN(Cc2cccnc2)CCN1C[C@@H](O)CC(Cc1ccccc1)C(N)=O. The van der Waals surface area contributed by atoms with Crippen LogP contribution >= 0.6 is 0 Å². The number of aliphatic hydroxyl groups excluding tert-OH is 1. The van der Waals surface area contributed by atoms with Crippen LogP contribution in [-0.4, -0.2) is 75.6 Å². The van der Waals surface area contributed by atoms with Crippen molar-refractivity contribution in [1.82, 2.24) is 20.1 Å². The maximum Gasteiger partial charge on any atom is 0.239 e. The highest BCUT2D eigenvalue weighted by Gasteiger charge is 2.35. The van der Waals surface area contributed by atoms with Gasteiger partial charge < -0.3 is 16.2 Å². The van der Waals surface area contributed by atoms with E-state index in [0.29, 0.717) is 32.6 Å². The molecule has 35 heavy (non-hydrogen) atoms. The molecule has 190 valence electrons. The number of primary amides is 1. The second-order valence-electron chi connectivity index (χ2n) is 10.5. The number of nitrogens with one attached hydrogen (secondary N) is 1. The van der Waals surface area contributed by atoms with Crippen molar-refractivity contribution in [2.24, 2.45) is 11.7 Å². The highest BCUT2D eigenvalue weighted by molar-refractivity contribution is 5.82. The number of hydrogen-bond acceptors (Lipinski definition) is 6. The van der Waals surface area contributed by atoms with Gasteiger partial charge in [0.05, 0.1) is 6.10 Å². The van der Waals surface area contributed by atoms with Gasteiger partial charge in [0.1, 0.15) is 6.04 Å². The van der Waals surface area contributed by atoms with E-state index in [1.165, 1.54) is 0 Å². The first-order valence-electron chi connectivity index (χ1n) is 12.3. The number of carbonyl (C=O) groups is 2. The molecule has 1 aromatic carbocycles. The third-order valence-electron chi connectivity index (χ3n) is 6.23. The van der Waals surface area contributed by atoms with E-state index in [4.69, 9.17) is 5.73 Å². The lowest BCUT2D eigenvalue weighted by Gasteiger charge is -2.42. The first-order chi connectivity index (χ1) is 16.6. The average Bonchev–Trinajstić information content (AvgIpc) is 2.80. The third-order valence-corrected chi connectivity index (χ3v) is 6.23. The maximum atomic E-state index is 13.2. The summed E-state index contributed by atoms with van der Waals surface area (Å²) >= 11 is 0. The van der Waals surface area contributed by atoms with Gasteiger partial charge in [-0.15, -0.1) is 0 Å². The lowest BCUT2D eigenvalue weighted by molar-refractivity contribution is -0.132. The summed E-state index contributed by atoms with van der Waals surface area (Å²) < 4.78 is 0. The zero-order valence-corrected chi connectivity index (χ0v) is 21.1. The quantitative estimate of drug-likeness (QED) is 0.475. The van der Waals surface area contributed by atoms with Crippen molar-refractivity contribution < 1.29 is 14.7 Å². The van der Waals surface area contributed by atoms with Crippen molar-refractivity contribution in [1.29, 1.82) is 0 Å². The van der Waals surface area contributed by atoms with E-state index in [9.17, 15) is 14.7 Å². The molecule has 1 fully saturated rings. The molecule has 1 aliphatic heterocycles. The van der Waals surface area contributed by atoms with Gasteiger partial charge in [-0.3, -0.25) is 24.4 Å². The van der Waals surface area contributed by atoms with E-state index in [1.807, 2.05) is 74.3 Å². The number of benzene rings is 1. The van der Waals surface area contributed by atoms with Gasteiger partial charge in [0, 0.05) is 56.6 Å². The first kappa shape index (κ1) is 26.8. The van der Waals surface area contributed by atoms with Crippen LogP contribution in [0.5, 0.6) is 0 Å². The molecule has 0 saturated carbocycles. The fourth-order valence-corrected chi connectivity index (χ4v) is 4.56. The fourth-order valence-electron chi connectivity index (χ4n) is 4.56. The van der Waals surface area contributed by atoms with Gasteiger partial charge in [-0.05, 0) is 50.8 Å². The van der Waals surface area contributed by atoms with Crippen LogP contribution in [0.15, 0.2) is 54.9 Å². The number of piperazine rings is 1. The molecule has 4 N–H and O–H groups in total. The van der Waals surface area contributed by atoms with Crippen molar-refractivity contribution >= 4 is 11.8 Å². The molecule has 8 nitrogen and oxygen atoms in total. The van der Waals surface area contributed by atoms with Gasteiger partial charge in [-0.2, -0.15) is 0 Å². The van der Waals surface area contributed by atoms with Gasteiger partial charge in [0.2, 0.25) is 11.8 Å². The molecule has 1 unspecified atom stereocenters. The minimum absolute atomic E-state index is 0.0590. The Morgan fingerprint density at radius 3 is 2.49 bits per heavy atom. The predicted octanol–water partition coefficient (Wildman–Crippen LogP) is 1.58. The van der Waals surface area contributed by atoms with Crippen LogP contribution < -0.4 is 11.1 Å². The summed E-state index contributed by atoms with van der Waals surface area (Å²) in [6.07, 6.45) is 3.57. The molecule has 2 amide bonds. The number of rotatable bonds is 10. The van der Waals surface area contributed by atoms with E-state index in [0.717, 1.165) is 17.7 Å². The first-order valence-corrected chi connectivity index (χ1v) is 12.3. The molecule has 3 atom stereocenters. The van der Waals surface area contributed by atoms with Crippen molar-refractivity contribution in [3.8, 4) is 0 Å². The minimum atomic E-state index is -0.772. The molecule has 0 aliphatic carbocycles. The van der Waals surface area contributed by atoms with Gasteiger partial charge in [-0.25, -0.2) is 0 Å². The molecule has 0 bridgehead atoms. The van der Waals surface area contributed by atoms with E-state index in [1.54, 1.807) is 6.20 Å². The van der Waals surface area contributed by atoms with Crippen molar-refractivity contribution in [3.63, 3.8) is 0 Å². The van der Waals surface area contributed by atoms with E-state index in [2.05, 4.69) is 15.2 Å². The topological polar surface area (TPSA) is 112 Å². The Labute approximate surface area is 208 Å². The fraction of sp³-hybridized carbons (Fsp3) is 0.519. The zero-order valence-electron chi connectivity index (χ0n) is 21.1. The van der Waals surface area contributed by atoms with Crippen LogP contribution in [0.4, 0.5) is 0 Å². The molecule has 0 radical (unpaired) electrons. The number of carbonyl (C=O) groups excluding carboxylic acids is 2. The van der Waals surface area contributed by atoms with E-state index >= 15 is 0 Å². The summed E-state index contributed by atoms with van der Waals surface area (Å²) in [5, 5.41) is 14.0. The van der Waals surface area contributed by atoms with Gasteiger partial charge >= 0.3 is 0 Å². The summed E-state index contributed by atoms with van der Waals surface area (Å²) in [6, 6.07) is 13.2. The smallest absolute Gasteiger partial charge is 0.239 e. The van der Waals surface area contributed by atoms with Crippen LogP contribution in [0, 0.1) is 5.92 Å². The number of aromatic nitrogens is 1. The number of β-amino-alcohol motifs (C(OH)–C–C–N with tert-alkyl or cyclic N) is 1. The summed E-state index contributed by atoms with van der Waals surface area (Å²) in [4.78, 5) is 33.8. The lowest BCUT2D eigenvalue weighted by Crippen LogP contribution is -2.61. The number of nitrogens with zero attached hydrogens (tertiary/aromatic N) is 3. The van der Waals surface area contributed by atoms with Gasteiger partial charge in [0.25, 0.3) is 0 Å². The molecular weight excluding hydrogens is 442 g/mol. The van der Waals surface area contributed by atoms with Crippen LogP contribution in [0.1, 0.15) is 38.3 Å². The molecule has 1 saturated heterocycles. The van der Waals surface area contributed by atoms with Crippen LogP contribution in [-0.2, 0) is 22.6 Å². The Morgan fingerprint density at radius 1 is 1.14 bits per heavy atom. The Morgan fingerprint density at radius 2 is 1.86 bits per heavy atom. The molecule has 3 rings (SSSR count). The second kappa shape index (κ2) is 12.2. The molecule has 2 heterocycles.